The summed E-state index contributed by atoms with van der Waals surface area (Å²) in [6.45, 7) is -0.188. The van der Waals surface area contributed by atoms with Crippen LogP contribution in [-0.2, 0) is 21.2 Å². The Morgan fingerprint density at radius 3 is 2.56 bits per heavy atom. The summed E-state index contributed by atoms with van der Waals surface area (Å²) in [6, 6.07) is 16.4. The number of nitrogens with zero attached hydrogens (tertiary/aromatic N) is 1. The number of nitriles is 1. The molecule has 138 valence electrons. The summed E-state index contributed by atoms with van der Waals surface area (Å²) in [5.41, 5.74) is 0.878. The van der Waals surface area contributed by atoms with Crippen molar-refractivity contribution in [3.8, 4) is 6.07 Å². The maximum atomic E-state index is 12.7. The molecule has 3 rings (SSSR count). The van der Waals surface area contributed by atoms with E-state index in [1.807, 2.05) is 35.7 Å². The summed E-state index contributed by atoms with van der Waals surface area (Å²) in [5.74, 6) is -0.536. The van der Waals surface area contributed by atoms with Gasteiger partial charge in [-0.15, -0.1) is 11.3 Å². The fourth-order valence-corrected chi connectivity index (χ4v) is 4.90. The molecule has 0 saturated heterocycles. The smallest absolute Gasteiger partial charge is 0.241 e. The average molecular weight is 399 g/mol. The minimum Gasteiger partial charge on any atom is -0.342 e. The average Bonchev–Trinajstić information content (AvgIpc) is 3.09. The van der Waals surface area contributed by atoms with Crippen molar-refractivity contribution >= 4 is 37.4 Å². The molecule has 6 nitrogen and oxygen atoms in total. The van der Waals surface area contributed by atoms with Gasteiger partial charge >= 0.3 is 0 Å². The van der Waals surface area contributed by atoms with Gasteiger partial charge in [-0.05, 0) is 40.9 Å². The van der Waals surface area contributed by atoms with Gasteiger partial charge in [-0.2, -0.15) is 9.98 Å². The molecule has 0 aliphatic carbocycles. The van der Waals surface area contributed by atoms with E-state index in [4.69, 9.17) is 5.26 Å². The van der Waals surface area contributed by atoms with Crippen molar-refractivity contribution in [1.82, 2.24) is 10.0 Å². The molecule has 3 aromatic rings. The van der Waals surface area contributed by atoms with Crippen LogP contribution in [-0.4, -0.2) is 26.9 Å². The van der Waals surface area contributed by atoms with E-state index in [0.717, 1.165) is 15.6 Å². The van der Waals surface area contributed by atoms with Crippen molar-refractivity contribution in [3.63, 3.8) is 0 Å². The topological polar surface area (TPSA) is 99.1 Å². The van der Waals surface area contributed by atoms with Crippen molar-refractivity contribution in [2.75, 3.05) is 6.54 Å². The maximum absolute atomic E-state index is 12.7. The summed E-state index contributed by atoms with van der Waals surface area (Å²) in [4.78, 5) is 12.6. The second kappa shape index (κ2) is 8.31. The van der Waals surface area contributed by atoms with E-state index < -0.39 is 22.0 Å². The number of carbonyl (C=O) groups is 1. The fraction of sp³-hybridized carbons (Fsp3) is 0.158. The third-order valence-electron chi connectivity index (χ3n) is 3.99. The zero-order valence-corrected chi connectivity index (χ0v) is 15.9. The van der Waals surface area contributed by atoms with Crippen LogP contribution in [0.3, 0.4) is 0 Å². The van der Waals surface area contributed by atoms with Gasteiger partial charge in [0.05, 0.1) is 11.0 Å². The van der Waals surface area contributed by atoms with Crippen molar-refractivity contribution in [3.05, 3.63) is 65.5 Å². The summed E-state index contributed by atoms with van der Waals surface area (Å²) < 4.78 is 28.9. The maximum Gasteiger partial charge on any atom is 0.241 e. The van der Waals surface area contributed by atoms with Gasteiger partial charge in [0.15, 0.2) is 0 Å². The first-order chi connectivity index (χ1) is 13.0. The third kappa shape index (κ3) is 4.52. The van der Waals surface area contributed by atoms with E-state index in [9.17, 15) is 13.2 Å². The highest BCUT2D eigenvalue weighted by molar-refractivity contribution is 7.89. The molecule has 2 N–H and O–H groups in total. The minimum absolute atomic E-state index is 0.0817. The molecule has 0 aliphatic rings. The van der Waals surface area contributed by atoms with Gasteiger partial charge in [0.25, 0.3) is 0 Å². The second-order valence-electron chi connectivity index (χ2n) is 5.82. The molecule has 0 saturated carbocycles. The van der Waals surface area contributed by atoms with Gasteiger partial charge in [0.1, 0.15) is 12.6 Å². The normalized spacial score (nSPS) is 12.4. The lowest BCUT2D eigenvalue weighted by atomic mass is 10.1. The molecule has 0 aliphatic heterocycles. The van der Waals surface area contributed by atoms with E-state index in [-0.39, 0.29) is 17.9 Å². The molecular weight excluding hydrogens is 382 g/mol. The van der Waals surface area contributed by atoms with Crippen molar-refractivity contribution in [2.45, 2.75) is 17.4 Å². The number of rotatable bonds is 7. The van der Waals surface area contributed by atoms with Crippen LogP contribution in [0.1, 0.15) is 5.56 Å². The summed E-state index contributed by atoms with van der Waals surface area (Å²) in [6.07, 6.45) is 0.188. The molecular formula is C19H17N3O3S2. The zero-order valence-electron chi connectivity index (χ0n) is 14.3. The van der Waals surface area contributed by atoms with Crippen LogP contribution in [0.25, 0.3) is 10.1 Å². The highest BCUT2D eigenvalue weighted by Gasteiger charge is 2.26. The monoisotopic (exact) mass is 399 g/mol. The quantitative estimate of drug-likeness (QED) is 0.596. The van der Waals surface area contributed by atoms with Crippen LogP contribution in [0.15, 0.2) is 64.9 Å². The van der Waals surface area contributed by atoms with E-state index in [2.05, 4.69) is 10.0 Å². The van der Waals surface area contributed by atoms with E-state index in [1.54, 1.807) is 18.2 Å². The van der Waals surface area contributed by atoms with Crippen molar-refractivity contribution in [1.29, 1.82) is 5.26 Å². The number of fused-ring (bicyclic) bond motifs is 1. The van der Waals surface area contributed by atoms with Crippen LogP contribution < -0.4 is 10.0 Å². The standard InChI is InChI=1S/C19H17N3O3S2/c20-10-11-21-19(23)17(22-27(24,25)15-6-2-1-3-7-15)12-14-13-26-18-9-5-4-8-16(14)18/h1-9,13,17,22H,11-12H2,(H,21,23). The van der Waals surface area contributed by atoms with E-state index in [1.165, 1.54) is 23.5 Å². The molecule has 0 spiro atoms. The first-order valence-electron chi connectivity index (χ1n) is 8.18. The molecule has 1 aromatic heterocycles. The Labute approximate surface area is 161 Å². The Bertz CT molecular complexity index is 1090. The molecule has 1 heterocycles. The number of thiophene rings is 1. The lowest BCUT2D eigenvalue weighted by Gasteiger charge is -2.18. The molecule has 1 unspecified atom stereocenters. The van der Waals surface area contributed by atoms with Gasteiger partial charge in [-0.3, -0.25) is 4.79 Å². The number of sulfonamides is 1. The molecule has 8 heteroatoms. The van der Waals surface area contributed by atoms with Gasteiger partial charge in [0.2, 0.25) is 15.9 Å². The van der Waals surface area contributed by atoms with Crippen LogP contribution >= 0.6 is 11.3 Å². The van der Waals surface area contributed by atoms with Gasteiger partial charge < -0.3 is 5.32 Å². The highest BCUT2D eigenvalue weighted by Crippen LogP contribution is 2.26. The molecule has 1 amide bonds. The predicted molar refractivity (Wildman–Crippen MR) is 105 cm³/mol. The number of nitrogens with one attached hydrogen (secondary N) is 2. The zero-order chi connectivity index (χ0) is 19.3. The molecule has 0 bridgehead atoms. The molecule has 2 aromatic carbocycles. The minimum atomic E-state index is -3.88. The molecule has 0 radical (unpaired) electrons. The van der Waals surface area contributed by atoms with Crippen LogP contribution in [0.4, 0.5) is 0 Å². The van der Waals surface area contributed by atoms with Crippen molar-refractivity contribution < 1.29 is 13.2 Å². The lowest BCUT2D eigenvalue weighted by Crippen LogP contribution is -2.48. The highest BCUT2D eigenvalue weighted by atomic mass is 32.2. The Kier molecular flexibility index (Phi) is 5.86. The predicted octanol–water partition coefficient (Wildman–Crippen LogP) is 2.43. The lowest BCUT2D eigenvalue weighted by molar-refractivity contribution is -0.122. The Hall–Kier alpha value is -2.73. The van der Waals surface area contributed by atoms with E-state index in [0.29, 0.717) is 0 Å². The van der Waals surface area contributed by atoms with Crippen LogP contribution in [0.2, 0.25) is 0 Å². The molecule has 0 fully saturated rings. The Balaban J connectivity index is 1.89. The van der Waals surface area contributed by atoms with E-state index >= 15 is 0 Å². The summed E-state index contributed by atoms with van der Waals surface area (Å²) in [5, 5.41) is 14.1. The summed E-state index contributed by atoms with van der Waals surface area (Å²) in [7, 11) is -3.88. The number of hydrogen-bond acceptors (Lipinski definition) is 5. The Morgan fingerprint density at radius 1 is 1.11 bits per heavy atom. The third-order valence-corrected chi connectivity index (χ3v) is 6.49. The first-order valence-corrected chi connectivity index (χ1v) is 10.5. The number of carbonyl (C=O) groups excluding carboxylic acids is 1. The molecule has 27 heavy (non-hydrogen) atoms. The first kappa shape index (κ1) is 19.0. The number of hydrogen-bond donors (Lipinski definition) is 2. The number of benzene rings is 2. The van der Waals surface area contributed by atoms with Gasteiger partial charge in [0, 0.05) is 4.70 Å². The molecule has 1 atom stereocenters. The van der Waals surface area contributed by atoms with Crippen molar-refractivity contribution in [2.24, 2.45) is 0 Å². The van der Waals surface area contributed by atoms with Gasteiger partial charge in [-0.1, -0.05) is 36.4 Å². The van der Waals surface area contributed by atoms with Gasteiger partial charge in [-0.25, -0.2) is 8.42 Å². The second-order valence-corrected chi connectivity index (χ2v) is 8.45. The Morgan fingerprint density at radius 2 is 1.81 bits per heavy atom. The number of amides is 1. The SMILES string of the molecule is N#CCNC(=O)C(Cc1csc2ccccc12)NS(=O)(=O)c1ccccc1. The van der Waals surface area contributed by atoms with Crippen LogP contribution in [0.5, 0.6) is 0 Å². The van der Waals surface area contributed by atoms with Crippen LogP contribution in [0, 0.1) is 11.3 Å². The fourth-order valence-electron chi connectivity index (χ4n) is 2.70. The summed E-state index contributed by atoms with van der Waals surface area (Å²) >= 11 is 1.54. The largest absolute Gasteiger partial charge is 0.342 e.